The van der Waals surface area contributed by atoms with Gasteiger partial charge in [0.05, 0.1) is 11.3 Å². The molecule has 1 unspecified atom stereocenters. The van der Waals surface area contributed by atoms with Crippen molar-refractivity contribution in [3.63, 3.8) is 0 Å². The van der Waals surface area contributed by atoms with Gasteiger partial charge in [-0.2, -0.15) is 8.42 Å². The number of amidine groups is 1. The molecule has 2 heterocycles. The number of piperidine rings is 1. The number of nitrogens with two attached hydrogens (primary N) is 1. The summed E-state index contributed by atoms with van der Waals surface area (Å²) in [6, 6.07) is 5.53. The zero-order chi connectivity index (χ0) is 15.7. The molecule has 1 aromatic rings. The molecule has 2 aliphatic rings. The Hall–Kier alpha value is -1.80. The molecule has 120 valence electrons. The molecule has 0 bridgehead atoms. The molecule has 1 atom stereocenters. The zero-order valence-electron chi connectivity index (χ0n) is 12.4. The van der Waals surface area contributed by atoms with Crippen molar-refractivity contribution in [1.82, 2.24) is 4.90 Å². The Morgan fingerprint density at radius 1 is 1.45 bits per heavy atom. The summed E-state index contributed by atoms with van der Waals surface area (Å²) in [6.07, 6.45) is 3.52. The van der Waals surface area contributed by atoms with E-state index < -0.39 is 10.2 Å². The van der Waals surface area contributed by atoms with Gasteiger partial charge in [0.1, 0.15) is 12.4 Å². The lowest BCUT2D eigenvalue weighted by atomic mass is 10.0. The molecule has 0 aliphatic carbocycles. The minimum absolute atomic E-state index is 0.0404. The molecule has 0 aromatic heterocycles. The highest BCUT2D eigenvalue weighted by Crippen LogP contribution is 2.30. The fourth-order valence-electron chi connectivity index (χ4n) is 2.88. The van der Waals surface area contributed by atoms with Crippen LogP contribution in [-0.4, -0.2) is 45.4 Å². The van der Waals surface area contributed by atoms with Crippen molar-refractivity contribution in [1.29, 1.82) is 0 Å². The maximum atomic E-state index is 11.6. The van der Waals surface area contributed by atoms with Gasteiger partial charge in [0.25, 0.3) is 0 Å². The number of hydrogen-bond acceptors (Lipinski definition) is 5. The van der Waals surface area contributed by atoms with Gasteiger partial charge >= 0.3 is 10.2 Å². The highest BCUT2D eigenvalue weighted by atomic mass is 32.2. The highest BCUT2D eigenvalue weighted by molar-refractivity contribution is 7.91. The molecule has 1 saturated heterocycles. The number of likely N-dealkylation sites (N-methyl/N-ethyl adjacent to an activating group) is 1. The van der Waals surface area contributed by atoms with Crippen LogP contribution in [0.1, 0.15) is 24.8 Å². The van der Waals surface area contributed by atoms with Crippen LogP contribution in [0.25, 0.3) is 0 Å². The quantitative estimate of drug-likeness (QED) is 0.862. The van der Waals surface area contributed by atoms with Crippen molar-refractivity contribution < 1.29 is 13.2 Å². The molecule has 8 heteroatoms. The van der Waals surface area contributed by atoms with E-state index in [9.17, 15) is 8.42 Å². The van der Waals surface area contributed by atoms with Gasteiger partial charge < -0.3 is 15.4 Å². The number of rotatable bonds is 3. The van der Waals surface area contributed by atoms with Crippen LogP contribution in [-0.2, 0) is 10.2 Å². The summed E-state index contributed by atoms with van der Waals surface area (Å²) in [5.41, 5.74) is 6.71. The van der Waals surface area contributed by atoms with E-state index in [2.05, 4.69) is 21.1 Å². The van der Waals surface area contributed by atoms with E-state index in [-0.39, 0.29) is 5.84 Å². The Kier molecular flexibility index (Phi) is 3.96. The largest absolute Gasteiger partial charge is 0.491 e. The molecule has 1 fully saturated rings. The summed E-state index contributed by atoms with van der Waals surface area (Å²) in [5, 5.41) is 0. The lowest BCUT2D eigenvalue weighted by Gasteiger charge is -2.32. The second kappa shape index (κ2) is 5.77. The molecule has 0 radical (unpaired) electrons. The molecular weight excluding hydrogens is 304 g/mol. The number of nitrogens with zero attached hydrogens (tertiary/aromatic N) is 2. The number of likely N-dealkylation sites (tertiary alicyclic amines) is 1. The summed E-state index contributed by atoms with van der Waals surface area (Å²) in [5.74, 6) is 0.515. The van der Waals surface area contributed by atoms with Gasteiger partial charge in [0, 0.05) is 6.04 Å². The van der Waals surface area contributed by atoms with Crippen LogP contribution in [0.2, 0.25) is 0 Å². The van der Waals surface area contributed by atoms with E-state index in [1.165, 1.54) is 12.8 Å². The third-order valence-corrected chi connectivity index (χ3v) is 5.01. The third-order valence-electron chi connectivity index (χ3n) is 4.09. The smallest absolute Gasteiger partial charge is 0.344 e. The predicted molar refractivity (Wildman–Crippen MR) is 85.5 cm³/mol. The second-order valence-corrected chi connectivity index (χ2v) is 7.01. The van der Waals surface area contributed by atoms with Gasteiger partial charge in [-0.25, -0.2) is 0 Å². The van der Waals surface area contributed by atoms with E-state index in [4.69, 9.17) is 10.5 Å². The molecule has 0 spiro atoms. The van der Waals surface area contributed by atoms with Gasteiger partial charge in [0.15, 0.2) is 5.84 Å². The second-order valence-electron chi connectivity index (χ2n) is 5.67. The SMILES string of the molecule is CN1CCCCC1COc1cccc2c1C(N)=NS(=O)(=O)N2. The van der Waals surface area contributed by atoms with Crippen molar-refractivity contribution >= 4 is 21.7 Å². The fourth-order valence-corrected chi connectivity index (χ4v) is 3.72. The topological polar surface area (TPSA) is 97.0 Å². The molecule has 1 aromatic carbocycles. The first kappa shape index (κ1) is 15.1. The summed E-state index contributed by atoms with van der Waals surface area (Å²) < 4.78 is 34.9. The van der Waals surface area contributed by atoms with Crippen LogP contribution in [0.15, 0.2) is 22.6 Å². The number of nitrogens with one attached hydrogen (secondary N) is 1. The van der Waals surface area contributed by atoms with Crippen molar-refractivity contribution in [3.05, 3.63) is 23.8 Å². The lowest BCUT2D eigenvalue weighted by Crippen LogP contribution is -2.40. The van der Waals surface area contributed by atoms with Crippen LogP contribution in [0.4, 0.5) is 5.69 Å². The standard InChI is InChI=1S/C14H20N4O3S/c1-18-8-3-2-5-10(18)9-21-12-7-4-6-11-13(12)14(15)17-22(19,20)16-11/h4,6-7,10,16H,2-3,5,8-9H2,1H3,(H2,15,17). The average Bonchev–Trinajstić information content (AvgIpc) is 2.44. The molecule has 3 N–H and O–H groups in total. The lowest BCUT2D eigenvalue weighted by molar-refractivity contribution is 0.125. The van der Waals surface area contributed by atoms with Crippen LogP contribution >= 0.6 is 0 Å². The van der Waals surface area contributed by atoms with E-state index in [1.54, 1.807) is 18.2 Å². The summed E-state index contributed by atoms with van der Waals surface area (Å²) in [6.45, 7) is 1.62. The molecule has 0 saturated carbocycles. The molecule has 0 amide bonds. The van der Waals surface area contributed by atoms with E-state index in [0.29, 0.717) is 29.6 Å². The normalized spacial score (nSPS) is 24.0. The maximum Gasteiger partial charge on any atom is 0.344 e. The van der Waals surface area contributed by atoms with Crippen LogP contribution in [0, 0.1) is 0 Å². The van der Waals surface area contributed by atoms with Crippen LogP contribution < -0.4 is 15.2 Å². The average molecular weight is 324 g/mol. The Labute approximate surface area is 130 Å². The minimum atomic E-state index is -3.76. The van der Waals surface area contributed by atoms with Crippen molar-refractivity contribution in [3.8, 4) is 5.75 Å². The minimum Gasteiger partial charge on any atom is -0.491 e. The van der Waals surface area contributed by atoms with E-state index >= 15 is 0 Å². The molecule has 3 rings (SSSR count). The van der Waals surface area contributed by atoms with E-state index in [0.717, 1.165) is 13.0 Å². The Morgan fingerprint density at radius 3 is 3.05 bits per heavy atom. The monoisotopic (exact) mass is 324 g/mol. The first-order valence-electron chi connectivity index (χ1n) is 7.31. The van der Waals surface area contributed by atoms with Gasteiger partial charge in [-0.05, 0) is 38.6 Å². The molecule has 7 nitrogen and oxygen atoms in total. The molecular formula is C14H20N4O3S. The fraction of sp³-hybridized carbons (Fsp3) is 0.500. The molecule has 2 aliphatic heterocycles. The summed E-state index contributed by atoms with van der Waals surface area (Å²) >= 11 is 0. The van der Waals surface area contributed by atoms with Crippen LogP contribution in [0.5, 0.6) is 5.75 Å². The van der Waals surface area contributed by atoms with Gasteiger partial charge in [0.2, 0.25) is 0 Å². The first-order valence-corrected chi connectivity index (χ1v) is 8.75. The number of fused-ring (bicyclic) bond motifs is 1. The van der Waals surface area contributed by atoms with Gasteiger partial charge in [-0.1, -0.05) is 12.5 Å². The van der Waals surface area contributed by atoms with Crippen molar-refractivity contribution in [2.24, 2.45) is 10.1 Å². The Bertz CT molecular complexity index is 702. The molecule has 22 heavy (non-hydrogen) atoms. The third kappa shape index (κ3) is 3.02. The van der Waals surface area contributed by atoms with Gasteiger partial charge in [-0.3, -0.25) is 4.72 Å². The number of hydrogen-bond donors (Lipinski definition) is 2. The van der Waals surface area contributed by atoms with Gasteiger partial charge in [-0.15, -0.1) is 4.40 Å². The van der Waals surface area contributed by atoms with Crippen molar-refractivity contribution in [2.75, 3.05) is 24.9 Å². The van der Waals surface area contributed by atoms with E-state index in [1.807, 2.05) is 0 Å². The van der Waals surface area contributed by atoms with Crippen molar-refractivity contribution in [2.45, 2.75) is 25.3 Å². The number of benzene rings is 1. The van der Waals surface area contributed by atoms with Crippen LogP contribution in [0.3, 0.4) is 0 Å². The summed E-state index contributed by atoms with van der Waals surface area (Å²) in [7, 11) is -1.66. The Morgan fingerprint density at radius 2 is 2.27 bits per heavy atom. The highest BCUT2D eigenvalue weighted by Gasteiger charge is 2.25. The maximum absolute atomic E-state index is 11.6. The number of anilines is 1. The summed E-state index contributed by atoms with van der Waals surface area (Å²) in [4.78, 5) is 2.29. The Balaban J connectivity index is 1.81. The predicted octanol–water partition coefficient (Wildman–Crippen LogP) is 0.925. The zero-order valence-corrected chi connectivity index (χ0v) is 13.3. The first-order chi connectivity index (χ1) is 10.5. The number of ether oxygens (including phenoxy) is 1.